The molecule has 10 heteroatoms. The van der Waals surface area contributed by atoms with E-state index in [0.29, 0.717) is 31.7 Å². The Hall–Kier alpha value is -1.84. The topological polar surface area (TPSA) is 102 Å². The summed E-state index contributed by atoms with van der Waals surface area (Å²) in [5.41, 5.74) is 0.290. The second-order valence-electron chi connectivity index (χ2n) is 5.88. The minimum Gasteiger partial charge on any atom is -0.489 e. The number of benzene rings is 1. The van der Waals surface area contributed by atoms with Gasteiger partial charge >= 0.3 is 5.97 Å². The first-order chi connectivity index (χ1) is 12.2. The number of ether oxygens (including phenoxy) is 2. The number of hydrogen-bond donors (Lipinski definition) is 1. The Kier molecular flexibility index (Phi) is 6.85. The molecular weight excluding hydrogens is 384 g/mol. The van der Waals surface area contributed by atoms with Crippen molar-refractivity contribution in [3.8, 4) is 5.75 Å². The molecule has 2 rings (SSSR count). The minimum atomic E-state index is -3.18. The summed E-state index contributed by atoms with van der Waals surface area (Å²) in [6, 6.07) is 4.58. The van der Waals surface area contributed by atoms with Gasteiger partial charge < -0.3 is 14.8 Å². The highest BCUT2D eigenvalue weighted by atomic mass is 35.5. The smallest absolute Gasteiger partial charge is 0.325 e. The van der Waals surface area contributed by atoms with Gasteiger partial charge in [-0.05, 0) is 31.0 Å². The predicted octanol–water partition coefficient (Wildman–Crippen LogP) is 1.05. The second-order valence-corrected chi connectivity index (χ2v) is 8.27. The van der Waals surface area contributed by atoms with Crippen LogP contribution >= 0.6 is 11.6 Å². The number of hydrogen-bond acceptors (Lipinski definition) is 6. The second kappa shape index (κ2) is 8.70. The number of carbonyl (C=O) groups excluding carboxylic acids is 2. The quantitative estimate of drug-likeness (QED) is 0.711. The molecule has 0 radical (unpaired) electrons. The Labute approximate surface area is 157 Å². The van der Waals surface area contributed by atoms with Crippen LogP contribution in [0.1, 0.15) is 23.2 Å². The van der Waals surface area contributed by atoms with E-state index in [-0.39, 0.29) is 23.2 Å². The van der Waals surface area contributed by atoms with E-state index >= 15 is 0 Å². The molecule has 26 heavy (non-hydrogen) atoms. The number of nitrogens with zero attached hydrogens (tertiary/aromatic N) is 1. The average Bonchev–Trinajstić information content (AvgIpc) is 2.60. The largest absolute Gasteiger partial charge is 0.489 e. The minimum absolute atomic E-state index is 0.149. The Balaban J connectivity index is 1.94. The van der Waals surface area contributed by atoms with Crippen molar-refractivity contribution < 1.29 is 27.5 Å². The van der Waals surface area contributed by atoms with Crippen molar-refractivity contribution in [3.63, 3.8) is 0 Å². The number of amides is 1. The van der Waals surface area contributed by atoms with Crippen molar-refractivity contribution in [1.82, 2.24) is 9.62 Å². The molecule has 0 aromatic heterocycles. The molecule has 1 fully saturated rings. The molecule has 0 bridgehead atoms. The SMILES string of the molecule is COC(=O)CNC(=O)c1ccc(OC2CCN(S(C)(=O)=O)CC2)c(Cl)c1. The monoisotopic (exact) mass is 404 g/mol. The molecule has 1 aliphatic rings. The van der Waals surface area contributed by atoms with Crippen LogP contribution in [0.3, 0.4) is 0 Å². The van der Waals surface area contributed by atoms with Gasteiger partial charge in [-0.25, -0.2) is 12.7 Å². The number of methoxy groups -OCH3 is 1. The van der Waals surface area contributed by atoms with E-state index < -0.39 is 21.9 Å². The molecule has 0 spiro atoms. The number of nitrogens with one attached hydrogen (secondary N) is 1. The lowest BCUT2D eigenvalue weighted by atomic mass is 10.1. The van der Waals surface area contributed by atoms with Gasteiger partial charge in [0.25, 0.3) is 5.91 Å². The highest BCUT2D eigenvalue weighted by Gasteiger charge is 2.26. The highest BCUT2D eigenvalue weighted by Crippen LogP contribution is 2.28. The first kappa shape index (κ1) is 20.5. The van der Waals surface area contributed by atoms with Crippen molar-refractivity contribution >= 4 is 33.5 Å². The van der Waals surface area contributed by atoms with Gasteiger partial charge in [0, 0.05) is 18.7 Å². The van der Waals surface area contributed by atoms with E-state index in [0.717, 1.165) is 0 Å². The maximum Gasteiger partial charge on any atom is 0.325 e. The molecule has 144 valence electrons. The first-order valence-corrected chi connectivity index (χ1v) is 10.2. The van der Waals surface area contributed by atoms with Gasteiger partial charge in [-0.2, -0.15) is 0 Å². The van der Waals surface area contributed by atoms with Crippen molar-refractivity contribution in [2.24, 2.45) is 0 Å². The van der Waals surface area contributed by atoms with Crippen LogP contribution in [0.25, 0.3) is 0 Å². The van der Waals surface area contributed by atoms with Gasteiger partial charge in [0.1, 0.15) is 18.4 Å². The van der Waals surface area contributed by atoms with Crippen LogP contribution in [0, 0.1) is 0 Å². The molecule has 0 aliphatic carbocycles. The molecule has 0 atom stereocenters. The van der Waals surface area contributed by atoms with Crippen LogP contribution in [0.4, 0.5) is 0 Å². The molecule has 0 unspecified atom stereocenters. The molecule has 0 saturated carbocycles. The van der Waals surface area contributed by atoms with Crippen molar-refractivity contribution in [2.45, 2.75) is 18.9 Å². The lowest BCUT2D eigenvalue weighted by molar-refractivity contribution is -0.139. The third kappa shape index (κ3) is 5.58. The number of carbonyl (C=O) groups is 2. The molecule has 1 heterocycles. The molecular formula is C16H21ClN2O6S. The molecule has 8 nitrogen and oxygen atoms in total. The van der Waals surface area contributed by atoms with Crippen molar-refractivity contribution in [3.05, 3.63) is 28.8 Å². The van der Waals surface area contributed by atoms with E-state index in [1.165, 1.54) is 23.7 Å². The van der Waals surface area contributed by atoms with E-state index in [4.69, 9.17) is 16.3 Å². The normalized spacial score (nSPS) is 16.1. The fraction of sp³-hybridized carbons (Fsp3) is 0.500. The van der Waals surface area contributed by atoms with Crippen molar-refractivity contribution in [2.75, 3.05) is 33.0 Å². The fourth-order valence-corrected chi connectivity index (χ4v) is 3.62. The molecule has 1 saturated heterocycles. The third-order valence-corrected chi connectivity index (χ3v) is 5.58. The molecule has 1 N–H and O–H groups in total. The summed E-state index contributed by atoms with van der Waals surface area (Å²) in [6.45, 7) is 0.564. The Morgan fingerprint density at radius 3 is 2.50 bits per heavy atom. The number of piperidine rings is 1. The van der Waals surface area contributed by atoms with Gasteiger partial charge in [-0.3, -0.25) is 9.59 Å². The van der Waals surface area contributed by atoms with Crippen molar-refractivity contribution in [1.29, 1.82) is 0 Å². The molecule has 1 amide bonds. The Morgan fingerprint density at radius 1 is 1.31 bits per heavy atom. The molecule has 1 aromatic carbocycles. The Morgan fingerprint density at radius 2 is 1.96 bits per heavy atom. The number of sulfonamides is 1. The number of halogens is 1. The maximum atomic E-state index is 12.0. The lowest BCUT2D eigenvalue weighted by Gasteiger charge is -2.30. The summed E-state index contributed by atoms with van der Waals surface area (Å²) >= 11 is 6.18. The van der Waals surface area contributed by atoms with Gasteiger partial charge in [-0.15, -0.1) is 0 Å². The van der Waals surface area contributed by atoms with Crippen LogP contribution in [0.5, 0.6) is 5.75 Å². The summed E-state index contributed by atoms with van der Waals surface area (Å²) in [5.74, 6) is -0.580. The molecule has 1 aliphatic heterocycles. The van der Waals surface area contributed by atoms with Crippen LogP contribution in [-0.4, -0.2) is 63.7 Å². The summed E-state index contributed by atoms with van der Waals surface area (Å²) in [5, 5.41) is 2.69. The van der Waals surface area contributed by atoms with E-state index in [1.807, 2.05) is 0 Å². The zero-order chi connectivity index (χ0) is 19.3. The Bertz CT molecular complexity index is 775. The zero-order valence-corrected chi connectivity index (χ0v) is 16.1. The van der Waals surface area contributed by atoms with Crippen LogP contribution in [0.15, 0.2) is 18.2 Å². The first-order valence-electron chi connectivity index (χ1n) is 7.97. The van der Waals surface area contributed by atoms with Crippen LogP contribution < -0.4 is 10.1 Å². The maximum absolute atomic E-state index is 12.0. The highest BCUT2D eigenvalue weighted by molar-refractivity contribution is 7.88. The van der Waals surface area contributed by atoms with Gasteiger partial charge in [0.2, 0.25) is 10.0 Å². The van der Waals surface area contributed by atoms with Gasteiger partial charge in [0.15, 0.2) is 0 Å². The van der Waals surface area contributed by atoms with Gasteiger partial charge in [-0.1, -0.05) is 11.6 Å². The van der Waals surface area contributed by atoms with Crippen LogP contribution in [0.2, 0.25) is 5.02 Å². The fourth-order valence-electron chi connectivity index (χ4n) is 2.53. The lowest BCUT2D eigenvalue weighted by Crippen LogP contribution is -2.41. The average molecular weight is 405 g/mol. The number of esters is 1. The standard InChI is InChI=1S/C16H21ClN2O6S/c1-24-15(20)10-18-16(21)11-3-4-14(13(17)9-11)25-12-5-7-19(8-6-12)26(2,22)23/h3-4,9,12H,5-8,10H2,1-2H3,(H,18,21). The third-order valence-electron chi connectivity index (χ3n) is 3.98. The molecule has 1 aromatic rings. The predicted molar refractivity (Wildman–Crippen MR) is 95.9 cm³/mol. The number of rotatable bonds is 6. The van der Waals surface area contributed by atoms with Gasteiger partial charge in [0.05, 0.1) is 18.4 Å². The summed E-state index contributed by atoms with van der Waals surface area (Å²) in [4.78, 5) is 23.0. The van der Waals surface area contributed by atoms with E-state index in [2.05, 4.69) is 10.1 Å². The summed E-state index contributed by atoms with van der Waals surface area (Å²) in [7, 11) is -1.95. The summed E-state index contributed by atoms with van der Waals surface area (Å²) in [6.07, 6.45) is 2.16. The summed E-state index contributed by atoms with van der Waals surface area (Å²) < 4.78 is 34.7. The van der Waals surface area contributed by atoms with Crippen LogP contribution in [-0.2, 0) is 19.6 Å². The van der Waals surface area contributed by atoms with E-state index in [9.17, 15) is 18.0 Å². The zero-order valence-electron chi connectivity index (χ0n) is 14.5. The van der Waals surface area contributed by atoms with E-state index in [1.54, 1.807) is 12.1 Å².